The van der Waals surface area contributed by atoms with E-state index in [1.54, 1.807) is 24.3 Å². The summed E-state index contributed by atoms with van der Waals surface area (Å²) in [6.45, 7) is -0.409. The molecule has 0 radical (unpaired) electrons. The van der Waals surface area contributed by atoms with Crippen LogP contribution in [-0.2, 0) is 30.3 Å². The monoisotopic (exact) mass is 468 g/mol. The number of ketones is 1. The molecule has 0 amide bonds. The summed E-state index contributed by atoms with van der Waals surface area (Å²) in [7, 11) is 0. The maximum absolute atomic E-state index is 12.6. The summed E-state index contributed by atoms with van der Waals surface area (Å²) in [4.78, 5) is 49.2. The smallest absolute Gasteiger partial charge is 0.315 e. The summed E-state index contributed by atoms with van der Waals surface area (Å²) < 4.78 is 15.9. The van der Waals surface area contributed by atoms with Crippen molar-refractivity contribution < 1.29 is 33.4 Å². The molecule has 8 heteroatoms. The number of hydrogen-bond acceptors (Lipinski definition) is 7. The number of carbonyl (C=O) groups is 4. The van der Waals surface area contributed by atoms with Crippen molar-refractivity contribution in [3.8, 4) is 5.75 Å². The third-order valence-electron chi connectivity index (χ3n) is 6.77. The number of carbonyl (C=O) groups excluding carboxylic acids is 4. The first-order valence-electron chi connectivity index (χ1n) is 10.8. The molecular formula is C25H21ClO7. The number of esters is 3. The van der Waals surface area contributed by atoms with Crippen LogP contribution in [0.4, 0.5) is 0 Å². The van der Waals surface area contributed by atoms with Crippen LogP contribution in [0.1, 0.15) is 28.8 Å². The quantitative estimate of drug-likeness (QED) is 0.349. The van der Waals surface area contributed by atoms with Gasteiger partial charge in [0.15, 0.2) is 12.4 Å². The fraction of sp³-hybridized carbons (Fsp3) is 0.360. The van der Waals surface area contributed by atoms with Crippen LogP contribution in [-0.4, -0.2) is 36.4 Å². The van der Waals surface area contributed by atoms with E-state index in [0.29, 0.717) is 22.8 Å². The predicted molar refractivity (Wildman–Crippen MR) is 116 cm³/mol. The van der Waals surface area contributed by atoms with Gasteiger partial charge in [0.05, 0.1) is 18.3 Å². The molecule has 0 aromatic heterocycles. The Kier molecular flexibility index (Phi) is 5.66. The molecule has 1 saturated heterocycles. The SMILES string of the molecule is O=C(Cc1ccc(Cl)cc1)Oc1ccc(C(=O)COC(=O)[C@@H]2[C@@H]3C[C@@H]4[C@H]2C(=O)O[C@@H]4C3)cc1. The number of hydrogen-bond donors (Lipinski definition) is 0. The third-order valence-corrected chi connectivity index (χ3v) is 7.02. The van der Waals surface area contributed by atoms with E-state index in [9.17, 15) is 19.2 Å². The van der Waals surface area contributed by atoms with E-state index in [1.807, 2.05) is 0 Å². The number of Topliss-reactive ketones (excluding diaryl/α,β-unsaturated/α-hetero) is 1. The average Bonchev–Trinajstić information content (AvgIpc) is 3.42. The number of rotatable bonds is 7. The van der Waals surface area contributed by atoms with E-state index in [4.69, 9.17) is 25.8 Å². The van der Waals surface area contributed by atoms with Gasteiger partial charge in [-0.3, -0.25) is 19.2 Å². The maximum atomic E-state index is 12.6. The summed E-state index contributed by atoms with van der Waals surface area (Å²) in [6.07, 6.45) is 1.52. The van der Waals surface area contributed by atoms with Crippen LogP contribution in [0.25, 0.3) is 0 Å². The first-order chi connectivity index (χ1) is 15.9. The molecule has 2 aromatic rings. The number of fused-ring (bicyclic) bond motifs is 1. The molecule has 1 heterocycles. The number of benzene rings is 2. The molecule has 33 heavy (non-hydrogen) atoms. The van der Waals surface area contributed by atoms with Gasteiger partial charge in [0, 0.05) is 16.5 Å². The van der Waals surface area contributed by atoms with Crippen molar-refractivity contribution in [2.75, 3.05) is 6.61 Å². The van der Waals surface area contributed by atoms with Gasteiger partial charge >= 0.3 is 17.9 Å². The third kappa shape index (κ3) is 4.25. The molecular weight excluding hydrogens is 448 g/mol. The van der Waals surface area contributed by atoms with Gasteiger partial charge in [0.25, 0.3) is 0 Å². The van der Waals surface area contributed by atoms with Gasteiger partial charge < -0.3 is 14.2 Å². The van der Waals surface area contributed by atoms with Crippen LogP contribution in [0.2, 0.25) is 5.02 Å². The molecule has 2 aromatic carbocycles. The zero-order valence-corrected chi connectivity index (χ0v) is 18.3. The average molecular weight is 469 g/mol. The van der Waals surface area contributed by atoms with Crippen LogP contribution in [0.3, 0.4) is 0 Å². The Morgan fingerprint density at radius 3 is 2.45 bits per heavy atom. The Hall–Kier alpha value is -3.19. The summed E-state index contributed by atoms with van der Waals surface area (Å²) in [6, 6.07) is 12.9. The molecule has 2 bridgehead atoms. The fourth-order valence-corrected chi connectivity index (χ4v) is 5.41. The molecule has 0 unspecified atom stereocenters. The van der Waals surface area contributed by atoms with E-state index >= 15 is 0 Å². The number of ether oxygens (including phenoxy) is 3. The van der Waals surface area contributed by atoms with E-state index < -0.39 is 30.4 Å². The zero-order chi connectivity index (χ0) is 23.1. The first-order valence-corrected chi connectivity index (χ1v) is 11.2. The Morgan fingerprint density at radius 2 is 1.73 bits per heavy atom. The highest BCUT2D eigenvalue weighted by atomic mass is 35.5. The topological polar surface area (TPSA) is 96.0 Å². The van der Waals surface area contributed by atoms with E-state index in [1.165, 1.54) is 24.3 Å². The molecule has 0 N–H and O–H groups in total. The van der Waals surface area contributed by atoms with E-state index in [2.05, 4.69) is 0 Å². The van der Waals surface area contributed by atoms with Crippen molar-refractivity contribution >= 4 is 35.3 Å². The lowest BCUT2D eigenvalue weighted by molar-refractivity contribution is -0.154. The molecule has 7 nitrogen and oxygen atoms in total. The maximum Gasteiger partial charge on any atom is 0.315 e. The molecule has 5 atom stereocenters. The van der Waals surface area contributed by atoms with Crippen LogP contribution < -0.4 is 4.74 Å². The molecule has 3 fully saturated rings. The molecule has 2 saturated carbocycles. The molecule has 5 rings (SSSR count). The van der Waals surface area contributed by atoms with Gasteiger partial charge in [-0.25, -0.2) is 0 Å². The van der Waals surface area contributed by atoms with Gasteiger partial charge in [-0.2, -0.15) is 0 Å². The van der Waals surface area contributed by atoms with Crippen molar-refractivity contribution in [3.63, 3.8) is 0 Å². The minimum absolute atomic E-state index is 0.0583. The van der Waals surface area contributed by atoms with Crippen LogP contribution in [0, 0.1) is 23.7 Å². The molecule has 2 aliphatic carbocycles. The van der Waals surface area contributed by atoms with E-state index in [0.717, 1.165) is 12.0 Å². The highest BCUT2D eigenvalue weighted by molar-refractivity contribution is 6.30. The summed E-state index contributed by atoms with van der Waals surface area (Å²) in [5.41, 5.74) is 1.10. The van der Waals surface area contributed by atoms with Crippen molar-refractivity contribution in [2.24, 2.45) is 23.7 Å². The second-order valence-corrected chi connectivity index (χ2v) is 9.19. The minimum Gasteiger partial charge on any atom is -0.462 e. The highest BCUT2D eigenvalue weighted by Crippen LogP contribution is 2.57. The largest absolute Gasteiger partial charge is 0.462 e. The first kappa shape index (κ1) is 21.6. The normalized spacial score (nSPS) is 26.7. The second-order valence-electron chi connectivity index (χ2n) is 8.75. The highest BCUT2D eigenvalue weighted by Gasteiger charge is 2.64. The van der Waals surface area contributed by atoms with Gasteiger partial charge in [-0.1, -0.05) is 23.7 Å². The lowest BCUT2D eigenvalue weighted by Gasteiger charge is -2.22. The molecule has 170 valence electrons. The van der Waals surface area contributed by atoms with Crippen LogP contribution >= 0.6 is 11.6 Å². The lowest BCUT2D eigenvalue weighted by atomic mass is 9.80. The summed E-state index contributed by atoms with van der Waals surface area (Å²) in [5, 5.41) is 0.586. The lowest BCUT2D eigenvalue weighted by Crippen LogP contribution is -2.34. The van der Waals surface area contributed by atoms with Crippen molar-refractivity contribution in [2.45, 2.75) is 25.4 Å². The Bertz CT molecular complexity index is 1110. The standard InChI is InChI=1S/C25H21ClO7/c26-16-5-1-13(2-6-16)9-21(28)32-17-7-3-14(4-8-17)19(27)12-31-24(29)22-15-10-18-20(11-15)33-25(30)23(18)22/h1-8,15,18,20,22-23H,9-12H2/t15-,18+,20-,22-,23-/m1/s1. The molecule has 1 aliphatic heterocycles. The van der Waals surface area contributed by atoms with Gasteiger partial charge in [-0.05, 0) is 60.7 Å². The van der Waals surface area contributed by atoms with E-state index in [-0.39, 0.29) is 36.1 Å². The zero-order valence-electron chi connectivity index (χ0n) is 17.6. The van der Waals surface area contributed by atoms with Crippen LogP contribution in [0.15, 0.2) is 48.5 Å². The van der Waals surface area contributed by atoms with Crippen LogP contribution in [0.5, 0.6) is 5.75 Å². The van der Waals surface area contributed by atoms with Crippen molar-refractivity contribution in [1.29, 1.82) is 0 Å². The van der Waals surface area contributed by atoms with Gasteiger partial charge in [0.1, 0.15) is 11.9 Å². The van der Waals surface area contributed by atoms with Gasteiger partial charge in [-0.15, -0.1) is 0 Å². The minimum atomic E-state index is -0.517. The summed E-state index contributed by atoms with van der Waals surface area (Å²) >= 11 is 5.84. The van der Waals surface area contributed by atoms with Gasteiger partial charge in [0.2, 0.25) is 0 Å². The number of halogens is 1. The Morgan fingerprint density at radius 1 is 1.00 bits per heavy atom. The van der Waals surface area contributed by atoms with Crippen molar-refractivity contribution in [3.05, 3.63) is 64.7 Å². The predicted octanol–water partition coefficient (Wildman–Crippen LogP) is 3.41. The molecule has 3 aliphatic rings. The van der Waals surface area contributed by atoms with Crippen molar-refractivity contribution in [1.82, 2.24) is 0 Å². The summed E-state index contributed by atoms with van der Waals surface area (Å²) in [5.74, 6) is -2.10. The molecule has 0 spiro atoms. The fourth-order valence-electron chi connectivity index (χ4n) is 5.29. The second kappa shape index (κ2) is 8.63. The Balaban J connectivity index is 1.12. The Labute approximate surface area is 195 Å².